The largest absolute Gasteiger partial charge is 0.478 e. The van der Waals surface area contributed by atoms with Gasteiger partial charge >= 0.3 is 5.97 Å². The summed E-state index contributed by atoms with van der Waals surface area (Å²) in [4.78, 5) is 10.5. The van der Waals surface area contributed by atoms with Crippen molar-refractivity contribution in [3.05, 3.63) is 29.8 Å². The monoisotopic (exact) mass is 218 g/mol. The third-order valence-corrected chi connectivity index (χ3v) is 2.84. The van der Waals surface area contributed by atoms with Crippen molar-refractivity contribution in [1.82, 2.24) is 0 Å². The maximum Gasteiger partial charge on any atom is 0.335 e. The molecule has 4 nitrogen and oxygen atoms in total. The number of carboxylic acids is 1. The molecule has 1 aromatic rings. The normalized spacial score (nSPS) is 14.8. The quantitative estimate of drug-likeness (QED) is 0.773. The molecule has 0 aliphatic rings. The van der Waals surface area contributed by atoms with Gasteiger partial charge in [-0.3, -0.25) is 0 Å². The lowest BCUT2D eigenvalue weighted by Gasteiger charge is -1.99. The molecule has 1 rings (SSSR count). The van der Waals surface area contributed by atoms with Gasteiger partial charge < -0.3 is 9.66 Å². The zero-order chi connectivity index (χ0) is 10.1. The van der Waals surface area contributed by atoms with Crippen LogP contribution in [-0.2, 0) is 20.0 Å². The number of benzene rings is 1. The summed E-state index contributed by atoms with van der Waals surface area (Å²) in [6, 6.07) is 4.94. The van der Waals surface area contributed by atoms with Crippen LogP contribution in [0.15, 0.2) is 29.2 Å². The molecule has 1 aromatic carbocycles. The first-order valence-electron chi connectivity index (χ1n) is 3.22. The van der Waals surface area contributed by atoms with E-state index in [1.54, 1.807) is 0 Å². The zero-order valence-corrected chi connectivity index (χ0v) is 7.97. The molecule has 0 saturated carbocycles. The van der Waals surface area contributed by atoms with E-state index in [0.717, 1.165) is 0 Å². The molecule has 0 heterocycles. The van der Waals surface area contributed by atoms with Crippen molar-refractivity contribution in [2.24, 2.45) is 0 Å². The first-order valence-corrected chi connectivity index (χ1v) is 5.66. The third-order valence-electron chi connectivity index (χ3n) is 1.40. The highest BCUT2D eigenvalue weighted by molar-refractivity contribution is 8.29. The van der Waals surface area contributed by atoms with Gasteiger partial charge in [-0.05, 0) is 24.3 Å². The van der Waals surface area contributed by atoms with E-state index in [4.69, 9.17) is 9.66 Å². The number of hydrogen-bond acceptors (Lipinski definition) is 3. The second kappa shape index (κ2) is 3.41. The molecule has 0 saturated heterocycles. The van der Waals surface area contributed by atoms with Crippen molar-refractivity contribution in [1.29, 1.82) is 0 Å². The standard InChI is InChI=1S/C7H6O4S2/c8-7(9)5-1-3-6(4-2-5)13(10,11)12/h1-4H,(H,8,9)(H,10,11,12). The highest BCUT2D eigenvalue weighted by Crippen LogP contribution is 2.10. The van der Waals surface area contributed by atoms with Crippen LogP contribution in [0.3, 0.4) is 0 Å². The fraction of sp³-hybridized carbons (Fsp3) is 0. The minimum Gasteiger partial charge on any atom is -0.478 e. The Kier molecular flexibility index (Phi) is 2.65. The summed E-state index contributed by atoms with van der Waals surface area (Å²) < 4.78 is 19.8. The maximum absolute atomic E-state index is 10.9. The Morgan fingerprint density at radius 1 is 1.31 bits per heavy atom. The van der Waals surface area contributed by atoms with Crippen molar-refractivity contribution < 1.29 is 18.7 Å². The van der Waals surface area contributed by atoms with Crippen molar-refractivity contribution in [2.75, 3.05) is 0 Å². The first kappa shape index (κ1) is 10.1. The van der Waals surface area contributed by atoms with Crippen LogP contribution >= 0.6 is 0 Å². The van der Waals surface area contributed by atoms with Crippen LogP contribution in [-0.4, -0.2) is 19.8 Å². The van der Waals surface area contributed by atoms with E-state index in [2.05, 4.69) is 11.2 Å². The molecule has 0 amide bonds. The molecule has 0 spiro atoms. The van der Waals surface area contributed by atoms with Crippen molar-refractivity contribution in [2.45, 2.75) is 4.90 Å². The number of hydrogen-bond donors (Lipinski definition) is 2. The predicted molar refractivity (Wildman–Crippen MR) is 49.8 cm³/mol. The summed E-state index contributed by atoms with van der Waals surface area (Å²) in [6.45, 7) is 0. The Hall–Kier alpha value is -0.980. The fourth-order valence-electron chi connectivity index (χ4n) is 0.769. The van der Waals surface area contributed by atoms with Gasteiger partial charge in [0.1, 0.15) is 0 Å². The van der Waals surface area contributed by atoms with Crippen molar-refractivity contribution >= 4 is 25.9 Å². The average molecular weight is 218 g/mol. The Labute approximate surface area is 79.7 Å². The van der Waals surface area contributed by atoms with Gasteiger partial charge in [-0.15, -0.1) is 0 Å². The van der Waals surface area contributed by atoms with E-state index in [0.29, 0.717) is 0 Å². The molecule has 13 heavy (non-hydrogen) atoms. The molecule has 1 unspecified atom stereocenters. The Bertz CT molecular complexity index is 418. The van der Waals surface area contributed by atoms with Crippen LogP contribution in [0.5, 0.6) is 0 Å². The molecule has 70 valence electrons. The van der Waals surface area contributed by atoms with Crippen LogP contribution in [0.4, 0.5) is 0 Å². The van der Waals surface area contributed by atoms with Gasteiger partial charge in [-0.25, -0.2) is 9.00 Å². The van der Waals surface area contributed by atoms with Crippen LogP contribution in [0.1, 0.15) is 10.4 Å². The zero-order valence-electron chi connectivity index (χ0n) is 6.34. The minimum atomic E-state index is -3.40. The molecule has 0 aliphatic carbocycles. The minimum absolute atomic E-state index is 0.0486. The number of aromatic carboxylic acids is 1. The Balaban J connectivity index is 3.16. The lowest BCUT2D eigenvalue weighted by molar-refractivity contribution is 0.0697. The molecule has 0 radical (unpaired) electrons. The Morgan fingerprint density at radius 2 is 1.77 bits per heavy atom. The van der Waals surface area contributed by atoms with E-state index in [9.17, 15) is 9.00 Å². The first-order chi connectivity index (χ1) is 5.91. The van der Waals surface area contributed by atoms with E-state index < -0.39 is 14.7 Å². The van der Waals surface area contributed by atoms with Gasteiger partial charge in [-0.2, -0.15) is 0 Å². The second-order valence-electron chi connectivity index (χ2n) is 2.30. The molecular formula is C7H6O4S2. The van der Waals surface area contributed by atoms with Crippen molar-refractivity contribution in [3.8, 4) is 0 Å². The molecule has 0 fully saturated rings. The lowest BCUT2D eigenvalue weighted by atomic mass is 10.2. The topological polar surface area (TPSA) is 74.6 Å². The molecule has 0 bridgehead atoms. The summed E-state index contributed by atoms with van der Waals surface area (Å²) >= 11 is 4.30. The fourth-order valence-corrected chi connectivity index (χ4v) is 1.58. The summed E-state index contributed by atoms with van der Waals surface area (Å²) in [7, 11) is -3.40. The summed E-state index contributed by atoms with van der Waals surface area (Å²) in [5, 5.41) is 8.52. The average Bonchev–Trinajstić information content (AvgIpc) is 2.03. The summed E-state index contributed by atoms with van der Waals surface area (Å²) in [5.74, 6) is -1.08. The lowest BCUT2D eigenvalue weighted by Crippen LogP contribution is -1.99. The van der Waals surface area contributed by atoms with E-state index >= 15 is 0 Å². The van der Waals surface area contributed by atoms with Crippen molar-refractivity contribution in [3.63, 3.8) is 0 Å². The van der Waals surface area contributed by atoms with E-state index in [-0.39, 0.29) is 10.5 Å². The van der Waals surface area contributed by atoms with Gasteiger partial charge in [0.15, 0.2) is 8.77 Å². The van der Waals surface area contributed by atoms with Gasteiger partial charge in [0.2, 0.25) is 0 Å². The van der Waals surface area contributed by atoms with Gasteiger partial charge in [0.05, 0.1) is 10.5 Å². The smallest absolute Gasteiger partial charge is 0.335 e. The van der Waals surface area contributed by atoms with E-state index in [1.165, 1.54) is 24.3 Å². The maximum atomic E-state index is 10.9. The highest BCUT2D eigenvalue weighted by atomic mass is 32.8. The summed E-state index contributed by atoms with van der Waals surface area (Å²) in [5.41, 5.74) is 0.0578. The van der Waals surface area contributed by atoms with Crippen LogP contribution < -0.4 is 0 Å². The third kappa shape index (κ3) is 2.48. The molecule has 6 heteroatoms. The molecule has 2 N–H and O–H groups in total. The van der Waals surface area contributed by atoms with E-state index in [1.807, 2.05) is 0 Å². The molecule has 1 atom stereocenters. The van der Waals surface area contributed by atoms with Gasteiger partial charge in [-0.1, -0.05) is 0 Å². The molecular weight excluding hydrogens is 212 g/mol. The highest BCUT2D eigenvalue weighted by Gasteiger charge is 2.06. The SMILES string of the molecule is O=C(O)c1ccc(S(=O)(O)=S)cc1. The van der Waals surface area contributed by atoms with Crippen LogP contribution in [0, 0.1) is 0 Å². The van der Waals surface area contributed by atoms with Gasteiger partial charge in [0.25, 0.3) is 0 Å². The number of rotatable bonds is 2. The van der Waals surface area contributed by atoms with Gasteiger partial charge in [0, 0.05) is 11.2 Å². The molecule has 0 aromatic heterocycles. The Morgan fingerprint density at radius 3 is 2.08 bits per heavy atom. The van der Waals surface area contributed by atoms with Crippen LogP contribution in [0.2, 0.25) is 0 Å². The van der Waals surface area contributed by atoms with Crippen LogP contribution in [0.25, 0.3) is 0 Å². The summed E-state index contributed by atoms with van der Waals surface area (Å²) in [6.07, 6.45) is 0. The number of carboxylic acid groups (broad SMARTS) is 1. The molecule has 0 aliphatic heterocycles. The second-order valence-corrected chi connectivity index (χ2v) is 5.08. The predicted octanol–water partition coefficient (Wildman–Crippen LogP) is 0.963. The number of carbonyl (C=O) groups is 1.